The fourth-order valence-electron chi connectivity index (χ4n) is 3.16. The second-order valence-corrected chi connectivity index (χ2v) is 7.88. The topological polar surface area (TPSA) is 75.7 Å². The van der Waals surface area contributed by atoms with Crippen molar-refractivity contribution in [1.82, 2.24) is 10.2 Å². The van der Waals surface area contributed by atoms with Crippen LogP contribution in [0.3, 0.4) is 0 Å². The Hall–Kier alpha value is -3.58. The van der Waals surface area contributed by atoms with E-state index in [2.05, 4.69) is 5.32 Å². The van der Waals surface area contributed by atoms with Gasteiger partial charge in [-0.2, -0.15) is 0 Å². The molecule has 3 amide bonds. The Morgan fingerprint density at radius 2 is 1.71 bits per heavy atom. The fraction of sp³-hybridized carbons (Fsp3) is 0.125. The summed E-state index contributed by atoms with van der Waals surface area (Å²) in [5, 5.41) is 4.47. The summed E-state index contributed by atoms with van der Waals surface area (Å²) in [7, 11) is 0. The molecule has 7 heteroatoms. The first-order valence-corrected chi connectivity index (χ1v) is 10.6. The molecule has 31 heavy (non-hydrogen) atoms. The zero-order valence-electron chi connectivity index (χ0n) is 16.6. The maximum absolute atomic E-state index is 12.5. The van der Waals surface area contributed by atoms with E-state index in [0.29, 0.717) is 10.7 Å². The van der Waals surface area contributed by atoms with Crippen molar-refractivity contribution in [1.29, 1.82) is 0 Å². The number of nitrogens with zero attached hydrogens (tertiary/aromatic N) is 1. The van der Waals surface area contributed by atoms with Gasteiger partial charge in [-0.15, -0.1) is 0 Å². The fourth-order valence-corrected chi connectivity index (χ4v) is 4.02. The predicted octanol–water partition coefficient (Wildman–Crippen LogP) is 4.07. The summed E-state index contributed by atoms with van der Waals surface area (Å²) >= 11 is 0.905. The Morgan fingerprint density at radius 3 is 2.52 bits per heavy atom. The van der Waals surface area contributed by atoms with Gasteiger partial charge in [0.05, 0.1) is 4.91 Å². The Bertz CT molecular complexity index is 1160. The lowest BCUT2D eigenvalue weighted by atomic mass is 10.1. The van der Waals surface area contributed by atoms with Gasteiger partial charge in [-0.05, 0) is 46.3 Å². The standard InChI is InChI=1S/C24H20N2O4S/c27-22(16-30-20-11-10-18-8-4-5-9-19(18)15-20)25-12-13-26-23(28)21(31-24(26)29)14-17-6-2-1-3-7-17/h1-11,14-15H,12-13,16H2,(H,25,27)/b21-14-. The van der Waals surface area contributed by atoms with Crippen LogP contribution in [0.1, 0.15) is 5.56 Å². The molecule has 3 aromatic rings. The summed E-state index contributed by atoms with van der Waals surface area (Å²) < 4.78 is 5.55. The first kappa shape index (κ1) is 20.7. The number of imide groups is 1. The summed E-state index contributed by atoms with van der Waals surface area (Å²) in [5.74, 6) is -0.0636. The monoisotopic (exact) mass is 432 g/mol. The zero-order chi connectivity index (χ0) is 21.6. The van der Waals surface area contributed by atoms with Gasteiger partial charge in [-0.1, -0.05) is 60.7 Å². The van der Waals surface area contributed by atoms with Crippen molar-refractivity contribution in [3.8, 4) is 5.75 Å². The van der Waals surface area contributed by atoms with Crippen LogP contribution in [0.5, 0.6) is 5.75 Å². The first-order valence-electron chi connectivity index (χ1n) is 9.79. The highest BCUT2D eigenvalue weighted by Gasteiger charge is 2.34. The van der Waals surface area contributed by atoms with Crippen LogP contribution in [-0.2, 0) is 9.59 Å². The summed E-state index contributed by atoms with van der Waals surface area (Å²) in [6.45, 7) is 0.128. The third-order valence-corrected chi connectivity index (χ3v) is 5.63. The lowest BCUT2D eigenvalue weighted by Gasteiger charge is -2.13. The van der Waals surface area contributed by atoms with Crippen molar-refractivity contribution in [2.75, 3.05) is 19.7 Å². The number of thioether (sulfide) groups is 1. The maximum atomic E-state index is 12.5. The van der Waals surface area contributed by atoms with Gasteiger partial charge >= 0.3 is 0 Å². The highest BCUT2D eigenvalue weighted by molar-refractivity contribution is 8.18. The molecule has 0 atom stereocenters. The van der Waals surface area contributed by atoms with Crippen LogP contribution in [-0.4, -0.2) is 41.6 Å². The number of nitrogens with one attached hydrogen (secondary N) is 1. The van der Waals surface area contributed by atoms with Crippen LogP contribution in [0.15, 0.2) is 77.7 Å². The van der Waals surface area contributed by atoms with Gasteiger partial charge < -0.3 is 10.1 Å². The largest absolute Gasteiger partial charge is 0.484 e. The Balaban J connectivity index is 1.25. The van der Waals surface area contributed by atoms with E-state index in [0.717, 1.165) is 33.0 Å². The number of carbonyl (C=O) groups is 3. The smallest absolute Gasteiger partial charge is 0.293 e. The minimum absolute atomic E-state index is 0.110. The third kappa shape index (κ3) is 5.13. The van der Waals surface area contributed by atoms with E-state index in [1.807, 2.05) is 72.8 Å². The highest BCUT2D eigenvalue weighted by atomic mass is 32.2. The summed E-state index contributed by atoms with van der Waals surface area (Å²) in [6.07, 6.45) is 1.70. The molecular weight excluding hydrogens is 412 g/mol. The lowest BCUT2D eigenvalue weighted by Crippen LogP contribution is -2.38. The first-order chi connectivity index (χ1) is 15.1. The molecule has 3 aromatic carbocycles. The molecule has 0 spiro atoms. The van der Waals surface area contributed by atoms with Gasteiger partial charge in [-0.25, -0.2) is 0 Å². The molecule has 1 saturated heterocycles. The molecule has 1 heterocycles. The van der Waals surface area contributed by atoms with E-state index < -0.39 is 0 Å². The van der Waals surface area contributed by atoms with Crippen LogP contribution >= 0.6 is 11.8 Å². The van der Waals surface area contributed by atoms with Gasteiger partial charge in [0.15, 0.2) is 6.61 Å². The number of carbonyl (C=O) groups excluding carboxylic acids is 3. The molecule has 1 fully saturated rings. The lowest BCUT2D eigenvalue weighted by molar-refractivity contribution is -0.125. The maximum Gasteiger partial charge on any atom is 0.293 e. The van der Waals surface area contributed by atoms with E-state index in [4.69, 9.17) is 4.74 Å². The summed E-state index contributed by atoms with van der Waals surface area (Å²) in [6, 6.07) is 22.9. The molecule has 1 aliphatic heterocycles. The van der Waals surface area contributed by atoms with Crippen molar-refractivity contribution in [2.24, 2.45) is 0 Å². The van der Waals surface area contributed by atoms with Crippen molar-refractivity contribution in [3.63, 3.8) is 0 Å². The summed E-state index contributed by atoms with van der Waals surface area (Å²) in [5.41, 5.74) is 0.854. The highest BCUT2D eigenvalue weighted by Crippen LogP contribution is 2.31. The average molecular weight is 433 g/mol. The summed E-state index contributed by atoms with van der Waals surface area (Å²) in [4.78, 5) is 38.3. The molecule has 0 aromatic heterocycles. The van der Waals surface area contributed by atoms with Crippen molar-refractivity contribution < 1.29 is 19.1 Å². The molecule has 4 rings (SSSR count). The van der Waals surface area contributed by atoms with E-state index in [1.54, 1.807) is 6.08 Å². The third-order valence-electron chi connectivity index (χ3n) is 4.72. The minimum atomic E-state index is -0.347. The predicted molar refractivity (Wildman–Crippen MR) is 122 cm³/mol. The molecule has 0 aliphatic carbocycles. The van der Waals surface area contributed by atoms with Gasteiger partial charge in [0.25, 0.3) is 17.1 Å². The molecule has 6 nitrogen and oxygen atoms in total. The van der Waals surface area contributed by atoms with E-state index in [9.17, 15) is 14.4 Å². The second kappa shape index (κ2) is 9.49. The van der Waals surface area contributed by atoms with Crippen LogP contribution in [0.4, 0.5) is 4.79 Å². The Kier molecular flexibility index (Phi) is 6.33. The normalized spacial score (nSPS) is 15.0. The molecule has 0 radical (unpaired) electrons. The van der Waals surface area contributed by atoms with Crippen molar-refractivity contribution >= 4 is 45.7 Å². The van der Waals surface area contributed by atoms with Crippen LogP contribution in [0.25, 0.3) is 16.8 Å². The van der Waals surface area contributed by atoms with E-state index in [-0.39, 0.29) is 36.7 Å². The number of benzene rings is 3. The van der Waals surface area contributed by atoms with Crippen LogP contribution < -0.4 is 10.1 Å². The number of hydrogen-bond acceptors (Lipinski definition) is 5. The number of amides is 3. The second-order valence-electron chi connectivity index (χ2n) is 6.89. The van der Waals surface area contributed by atoms with Gasteiger partial charge in [0.1, 0.15) is 5.75 Å². The Morgan fingerprint density at radius 1 is 0.968 bits per heavy atom. The van der Waals surface area contributed by atoms with Crippen LogP contribution in [0.2, 0.25) is 0 Å². The SMILES string of the molecule is O=C(COc1ccc2ccccc2c1)NCCN1C(=O)S/C(=C\c2ccccc2)C1=O. The van der Waals surface area contributed by atoms with Gasteiger partial charge in [0.2, 0.25) is 0 Å². The quantitative estimate of drug-likeness (QED) is 0.570. The number of rotatable bonds is 7. The molecular formula is C24H20N2O4S. The molecule has 0 bridgehead atoms. The Labute approximate surface area is 183 Å². The number of fused-ring (bicyclic) bond motifs is 1. The molecule has 1 N–H and O–H groups in total. The van der Waals surface area contributed by atoms with Crippen molar-refractivity contribution in [3.05, 3.63) is 83.3 Å². The average Bonchev–Trinajstić information content (AvgIpc) is 3.05. The van der Waals surface area contributed by atoms with E-state index >= 15 is 0 Å². The zero-order valence-corrected chi connectivity index (χ0v) is 17.4. The number of ether oxygens (including phenoxy) is 1. The minimum Gasteiger partial charge on any atom is -0.484 e. The molecule has 156 valence electrons. The van der Waals surface area contributed by atoms with E-state index in [1.165, 1.54) is 0 Å². The van der Waals surface area contributed by atoms with Gasteiger partial charge in [0, 0.05) is 13.1 Å². The van der Waals surface area contributed by atoms with Crippen LogP contribution in [0, 0.1) is 0 Å². The van der Waals surface area contributed by atoms with Crippen molar-refractivity contribution in [2.45, 2.75) is 0 Å². The number of hydrogen-bond donors (Lipinski definition) is 1. The molecule has 0 saturated carbocycles. The molecule has 0 unspecified atom stereocenters. The van der Waals surface area contributed by atoms with Gasteiger partial charge in [-0.3, -0.25) is 19.3 Å². The molecule has 1 aliphatic rings.